The largest absolute Gasteiger partial charge is 0.350 e. The van der Waals surface area contributed by atoms with E-state index in [9.17, 15) is 14.4 Å². The third-order valence-corrected chi connectivity index (χ3v) is 5.22. The van der Waals surface area contributed by atoms with Crippen molar-refractivity contribution in [2.45, 2.75) is 6.92 Å². The fraction of sp³-hybridized carbons (Fsp3) is 0.0417. The van der Waals surface area contributed by atoms with Crippen LogP contribution in [0.2, 0.25) is 0 Å². The number of para-hydroxylation sites is 1. The minimum absolute atomic E-state index is 0.0570. The molecule has 0 bridgehead atoms. The Hall–Kier alpha value is -4.39. The zero-order valence-electron chi connectivity index (χ0n) is 16.5. The van der Waals surface area contributed by atoms with Crippen molar-refractivity contribution < 1.29 is 14.4 Å². The van der Waals surface area contributed by atoms with Crippen molar-refractivity contribution in [3.63, 3.8) is 0 Å². The quantitative estimate of drug-likeness (QED) is 0.513. The van der Waals surface area contributed by atoms with Crippen molar-refractivity contribution >= 4 is 39.8 Å². The lowest BCUT2D eigenvalue weighted by Gasteiger charge is -2.22. The number of hydrogen-bond acceptors (Lipinski definition) is 6. The van der Waals surface area contributed by atoms with E-state index < -0.39 is 0 Å². The highest BCUT2D eigenvalue weighted by atomic mass is 16.1. The Morgan fingerprint density at radius 2 is 1.48 bits per heavy atom. The van der Waals surface area contributed by atoms with E-state index in [0.29, 0.717) is 33.4 Å². The predicted molar refractivity (Wildman–Crippen MR) is 116 cm³/mol. The number of benzene rings is 3. The number of hydrogen-bond donors (Lipinski definition) is 1. The molecule has 5 rings (SSSR count). The number of allylic oxidation sites excluding steroid dienone is 2. The fourth-order valence-electron chi connectivity index (χ4n) is 3.65. The molecule has 4 aromatic rings. The van der Waals surface area contributed by atoms with E-state index in [1.165, 1.54) is 11.6 Å². The zero-order valence-corrected chi connectivity index (χ0v) is 16.5. The second kappa shape index (κ2) is 7.14. The van der Waals surface area contributed by atoms with Crippen LogP contribution in [0.4, 0.5) is 5.69 Å². The second-order valence-electron chi connectivity index (χ2n) is 7.18. The molecule has 0 spiro atoms. The van der Waals surface area contributed by atoms with Crippen molar-refractivity contribution in [3.05, 3.63) is 95.2 Å². The van der Waals surface area contributed by atoms with Crippen LogP contribution in [0, 0.1) is 0 Å². The van der Waals surface area contributed by atoms with Crippen molar-refractivity contribution in [2.24, 2.45) is 0 Å². The molecule has 1 N–H and O–H groups in total. The molecule has 0 aliphatic heterocycles. The molecule has 0 saturated heterocycles. The summed E-state index contributed by atoms with van der Waals surface area (Å²) in [4.78, 5) is 38.4. The number of ketones is 3. The number of nitrogens with one attached hydrogen (secondary N) is 1. The van der Waals surface area contributed by atoms with E-state index in [1.807, 2.05) is 12.1 Å². The summed E-state index contributed by atoms with van der Waals surface area (Å²) < 4.78 is 1.40. The van der Waals surface area contributed by atoms with Gasteiger partial charge in [0.2, 0.25) is 11.6 Å². The molecule has 7 heteroatoms. The first kappa shape index (κ1) is 18.6. The van der Waals surface area contributed by atoms with Crippen molar-refractivity contribution in [1.29, 1.82) is 0 Å². The summed E-state index contributed by atoms with van der Waals surface area (Å²) in [6.45, 7) is 1.49. The zero-order chi connectivity index (χ0) is 21.5. The van der Waals surface area contributed by atoms with Crippen molar-refractivity contribution in [2.75, 3.05) is 5.32 Å². The highest BCUT2D eigenvalue weighted by Crippen LogP contribution is 2.31. The van der Waals surface area contributed by atoms with Crippen LogP contribution in [0.5, 0.6) is 0 Å². The number of anilines is 1. The smallest absolute Gasteiger partial charge is 0.214 e. The number of carbonyl (C=O) groups excluding carboxylic acids is 3. The van der Waals surface area contributed by atoms with E-state index in [-0.39, 0.29) is 28.7 Å². The molecule has 0 amide bonds. The highest BCUT2D eigenvalue weighted by molar-refractivity contribution is 6.38. The van der Waals surface area contributed by atoms with Gasteiger partial charge in [-0.15, -0.1) is 5.10 Å². The van der Waals surface area contributed by atoms with Gasteiger partial charge in [0, 0.05) is 22.4 Å². The Labute approximate surface area is 177 Å². The van der Waals surface area contributed by atoms with E-state index in [2.05, 4.69) is 15.6 Å². The molecule has 7 nitrogen and oxygen atoms in total. The number of aromatic nitrogens is 3. The Morgan fingerprint density at radius 1 is 0.839 bits per heavy atom. The summed E-state index contributed by atoms with van der Waals surface area (Å²) >= 11 is 0. The first-order valence-corrected chi connectivity index (χ1v) is 9.66. The summed E-state index contributed by atoms with van der Waals surface area (Å²) in [5.74, 6) is -0.701. The Balaban J connectivity index is 1.71. The average molecular weight is 408 g/mol. The maximum absolute atomic E-state index is 13.5. The number of rotatable bonds is 4. The van der Waals surface area contributed by atoms with E-state index in [4.69, 9.17) is 0 Å². The van der Waals surface area contributed by atoms with Gasteiger partial charge in [-0.25, -0.2) is 4.68 Å². The van der Waals surface area contributed by atoms with Gasteiger partial charge in [-0.05, 0) is 43.3 Å². The molecular weight excluding hydrogens is 392 g/mol. The van der Waals surface area contributed by atoms with Gasteiger partial charge in [0.25, 0.3) is 0 Å². The molecular formula is C24H16N4O3. The van der Waals surface area contributed by atoms with Crippen LogP contribution in [0.3, 0.4) is 0 Å². The summed E-state index contributed by atoms with van der Waals surface area (Å²) in [5, 5.41) is 11.4. The van der Waals surface area contributed by atoms with Gasteiger partial charge >= 0.3 is 0 Å². The maximum atomic E-state index is 13.5. The van der Waals surface area contributed by atoms with E-state index >= 15 is 0 Å². The first-order valence-electron chi connectivity index (χ1n) is 9.66. The third kappa shape index (κ3) is 3.03. The SMILES string of the molecule is CC(=O)c1ccc(NC2=C(n3nnc4ccccc43)C(=O)c3ccccc3C2=O)cc1. The van der Waals surface area contributed by atoms with Crippen LogP contribution in [0.15, 0.2) is 78.5 Å². The molecule has 1 aliphatic carbocycles. The van der Waals surface area contributed by atoms with Gasteiger partial charge in [0.1, 0.15) is 16.9 Å². The number of Topliss-reactive ketones (excluding diaryl/α,β-unsaturated/α-hetero) is 3. The topological polar surface area (TPSA) is 93.9 Å². The summed E-state index contributed by atoms with van der Waals surface area (Å²) in [7, 11) is 0. The third-order valence-electron chi connectivity index (χ3n) is 5.22. The molecule has 1 aromatic heterocycles. The monoisotopic (exact) mass is 408 g/mol. The van der Waals surface area contributed by atoms with Crippen molar-refractivity contribution in [1.82, 2.24) is 15.0 Å². The Bertz CT molecular complexity index is 1410. The number of fused-ring (bicyclic) bond motifs is 2. The summed E-state index contributed by atoms with van der Waals surface area (Å²) in [5.41, 5.74) is 3.20. The molecule has 0 radical (unpaired) electrons. The molecule has 0 unspecified atom stereocenters. The lowest BCUT2D eigenvalue weighted by atomic mass is 9.90. The second-order valence-corrected chi connectivity index (χ2v) is 7.18. The molecule has 1 aliphatic rings. The summed E-state index contributed by atoms with van der Waals surface area (Å²) in [6.07, 6.45) is 0. The molecule has 3 aromatic carbocycles. The summed E-state index contributed by atoms with van der Waals surface area (Å²) in [6, 6.07) is 20.7. The van der Waals surface area contributed by atoms with E-state index in [0.717, 1.165) is 0 Å². The minimum Gasteiger partial charge on any atom is -0.350 e. The van der Waals surface area contributed by atoms with Crippen LogP contribution >= 0.6 is 0 Å². The fourth-order valence-corrected chi connectivity index (χ4v) is 3.65. The van der Waals surface area contributed by atoms with E-state index in [1.54, 1.807) is 60.7 Å². The van der Waals surface area contributed by atoms with Crippen LogP contribution in [0.25, 0.3) is 16.7 Å². The maximum Gasteiger partial charge on any atom is 0.214 e. The van der Waals surface area contributed by atoms with Crippen LogP contribution < -0.4 is 5.32 Å². The molecule has 0 saturated carbocycles. The van der Waals surface area contributed by atoms with Gasteiger partial charge in [0.05, 0.1) is 5.52 Å². The van der Waals surface area contributed by atoms with Gasteiger partial charge in [0.15, 0.2) is 5.78 Å². The van der Waals surface area contributed by atoms with Crippen molar-refractivity contribution in [3.8, 4) is 0 Å². The van der Waals surface area contributed by atoms with Gasteiger partial charge in [-0.1, -0.05) is 41.6 Å². The number of nitrogens with zero attached hydrogens (tertiary/aromatic N) is 3. The Kier molecular flexibility index (Phi) is 4.29. The average Bonchev–Trinajstić information content (AvgIpc) is 3.21. The number of carbonyl (C=O) groups is 3. The lowest BCUT2D eigenvalue weighted by Crippen LogP contribution is -2.28. The van der Waals surface area contributed by atoms with Gasteiger partial charge in [-0.3, -0.25) is 14.4 Å². The highest BCUT2D eigenvalue weighted by Gasteiger charge is 2.34. The molecule has 1 heterocycles. The molecule has 150 valence electrons. The molecule has 0 atom stereocenters. The van der Waals surface area contributed by atoms with Crippen LogP contribution in [0.1, 0.15) is 38.0 Å². The van der Waals surface area contributed by atoms with Gasteiger partial charge in [-0.2, -0.15) is 0 Å². The first-order chi connectivity index (χ1) is 15.0. The molecule has 0 fully saturated rings. The van der Waals surface area contributed by atoms with Crippen LogP contribution in [-0.2, 0) is 0 Å². The Morgan fingerprint density at radius 3 is 2.19 bits per heavy atom. The van der Waals surface area contributed by atoms with Gasteiger partial charge < -0.3 is 5.32 Å². The van der Waals surface area contributed by atoms with Crippen LogP contribution in [-0.4, -0.2) is 32.3 Å². The predicted octanol–water partition coefficient (Wildman–Crippen LogP) is 3.99. The minimum atomic E-state index is -0.325. The standard InChI is InChI=1S/C24H16N4O3/c1-14(29)15-10-12-16(13-11-15)25-21-22(28-20-9-5-4-8-19(20)26-27-28)24(31)18-7-3-2-6-17(18)23(21)30/h2-13,25H,1H3. The normalized spacial score (nSPS) is 13.5. The molecule has 31 heavy (non-hydrogen) atoms. The lowest BCUT2D eigenvalue weighted by molar-refractivity contribution is 0.0988.